The summed E-state index contributed by atoms with van der Waals surface area (Å²) in [5.74, 6) is 0. The summed E-state index contributed by atoms with van der Waals surface area (Å²) < 4.78 is 5.79. The molecule has 1 heterocycles. The van der Waals surface area contributed by atoms with E-state index < -0.39 is 0 Å². The molecule has 18 heavy (non-hydrogen) atoms. The Morgan fingerprint density at radius 1 is 1.33 bits per heavy atom. The highest BCUT2D eigenvalue weighted by Gasteiger charge is 2.25. The van der Waals surface area contributed by atoms with Crippen LogP contribution in [0.5, 0.6) is 0 Å². The monoisotopic (exact) mass is 247 g/mol. The molecular weight excluding hydrogens is 222 g/mol. The van der Waals surface area contributed by atoms with Gasteiger partial charge in [0, 0.05) is 6.61 Å². The van der Waals surface area contributed by atoms with Crippen LogP contribution in [0.2, 0.25) is 0 Å². The van der Waals surface area contributed by atoms with Crippen LogP contribution in [0.3, 0.4) is 0 Å². The topological polar surface area (TPSA) is 21.3 Å². The van der Waals surface area contributed by atoms with Crippen molar-refractivity contribution in [3.8, 4) is 0 Å². The van der Waals surface area contributed by atoms with Crippen molar-refractivity contribution in [2.75, 3.05) is 13.7 Å². The van der Waals surface area contributed by atoms with Crippen LogP contribution in [0.25, 0.3) is 0 Å². The molecule has 0 aliphatic carbocycles. The maximum Gasteiger partial charge on any atom is 0.0770 e. The summed E-state index contributed by atoms with van der Waals surface area (Å²) in [7, 11) is 2.03. The van der Waals surface area contributed by atoms with Crippen LogP contribution >= 0.6 is 0 Å². The molecule has 1 aromatic rings. The second-order valence-electron chi connectivity index (χ2n) is 5.16. The van der Waals surface area contributed by atoms with Crippen LogP contribution in [-0.2, 0) is 11.2 Å². The van der Waals surface area contributed by atoms with Gasteiger partial charge in [-0.05, 0) is 43.9 Å². The van der Waals surface area contributed by atoms with Crippen molar-refractivity contribution in [2.24, 2.45) is 0 Å². The van der Waals surface area contributed by atoms with Crippen LogP contribution in [0.4, 0.5) is 0 Å². The molecule has 2 rings (SSSR count). The lowest BCUT2D eigenvalue weighted by atomic mass is 9.97. The Balaban J connectivity index is 2.02. The third kappa shape index (κ3) is 3.33. The van der Waals surface area contributed by atoms with Crippen molar-refractivity contribution in [3.63, 3.8) is 0 Å². The van der Waals surface area contributed by atoms with Crippen molar-refractivity contribution >= 4 is 0 Å². The zero-order valence-electron chi connectivity index (χ0n) is 11.6. The van der Waals surface area contributed by atoms with Crippen molar-refractivity contribution in [3.05, 3.63) is 35.4 Å². The third-order valence-corrected chi connectivity index (χ3v) is 3.81. The Hall–Kier alpha value is -0.860. The molecule has 0 aromatic heterocycles. The Bertz CT molecular complexity index is 341. The second-order valence-corrected chi connectivity index (χ2v) is 5.16. The largest absolute Gasteiger partial charge is 0.376 e. The molecule has 2 unspecified atom stereocenters. The smallest absolute Gasteiger partial charge is 0.0770 e. The maximum atomic E-state index is 5.79. The van der Waals surface area contributed by atoms with Crippen LogP contribution in [0, 0.1) is 0 Å². The number of rotatable bonds is 6. The lowest BCUT2D eigenvalue weighted by molar-refractivity contribution is 0.0807. The Kier molecular flexibility index (Phi) is 5.21. The molecule has 1 aliphatic heterocycles. The van der Waals surface area contributed by atoms with Gasteiger partial charge in [-0.1, -0.05) is 37.6 Å². The molecule has 0 bridgehead atoms. The Labute approximate surface area is 111 Å². The first kappa shape index (κ1) is 13.6. The van der Waals surface area contributed by atoms with E-state index in [4.69, 9.17) is 4.74 Å². The van der Waals surface area contributed by atoms with Gasteiger partial charge < -0.3 is 10.1 Å². The van der Waals surface area contributed by atoms with Gasteiger partial charge in [-0.15, -0.1) is 0 Å². The zero-order valence-corrected chi connectivity index (χ0v) is 11.6. The average Bonchev–Trinajstić information content (AvgIpc) is 2.93. The number of ether oxygens (including phenoxy) is 1. The third-order valence-electron chi connectivity index (χ3n) is 3.81. The first-order chi connectivity index (χ1) is 8.85. The average molecular weight is 247 g/mol. The van der Waals surface area contributed by atoms with E-state index in [1.807, 2.05) is 7.05 Å². The molecule has 0 saturated carbocycles. The van der Waals surface area contributed by atoms with Gasteiger partial charge in [0.05, 0.1) is 12.1 Å². The highest BCUT2D eigenvalue weighted by molar-refractivity contribution is 5.26. The molecule has 2 atom stereocenters. The van der Waals surface area contributed by atoms with E-state index in [0.717, 1.165) is 6.61 Å². The minimum atomic E-state index is 0.340. The van der Waals surface area contributed by atoms with Crippen LogP contribution < -0.4 is 5.32 Å². The fourth-order valence-electron chi connectivity index (χ4n) is 2.71. The van der Waals surface area contributed by atoms with Gasteiger partial charge in [-0.3, -0.25) is 0 Å². The fourth-order valence-corrected chi connectivity index (χ4v) is 2.71. The molecule has 100 valence electrons. The molecule has 0 amide bonds. The fraction of sp³-hybridized carbons (Fsp3) is 0.625. The van der Waals surface area contributed by atoms with Gasteiger partial charge in [0.2, 0.25) is 0 Å². The summed E-state index contributed by atoms with van der Waals surface area (Å²) >= 11 is 0. The summed E-state index contributed by atoms with van der Waals surface area (Å²) in [6.07, 6.45) is 6.44. The number of aryl methyl sites for hydroxylation is 1. The van der Waals surface area contributed by atoms with E-state index in [1.165, 1.54) is 43.2 Å². The minimum absolute atomic E-state index is 0.340. The number of likely N-dealkylation sites (N-methyl/N-ethyl adjacent to an activating group) is 1. The van der Waals surface area contributed by atoms with E-state index in [2.05, 4.69) is 36.5 Å². The first-order valence-electron chi connectivity index (χ1n) is 7.23. The standard InChI is InChI=1S/C16H25NO/c1-3-4-6-13-8-10-14(11-9-13)16(17-2)15-7-5-12-18-15/h8-11,15-17H,3-7,12H2,1-2H3. The quantitative estimate of drug-likeness (QED) is 0.831. The lowest BCUT2D eigenvalue weighted by Crippen LogP contribution is -2.28. The summed E-state index contributed by atoms with van der Waals surface area (Å²) in [4.78, 5) is 0. The highest BCUT2D eigenvalue weighted by Crippen LogP contribution is 2.26. The van der Waals surface area contributed by atoms with Gasteiger partial charge in [0.15, 0.2) is 0 Å². The molecule has 1 fully saturated rings. The van der Waals surface area contributed by atoms with Crippen molar-refractivity contribution in [2.45, 2.75) is 51.2 Å². The Morgan fingerprint density at radius 2 is 2.11 bits per heavy atom. The number of hydrogen-bond acceptors (Lipinski definition) is 2. The summed E-state index contributed by atoms with van der Waals surface area (Å²) in [5.41, 5.74) is 2.80. The molecule has 1 aliphatic rings. The lowest BCUT2D eigenvalue weighted by Gasteiger charge is -2.23. The molecule has 1 N–H and O–H groups in total. The summed E-state index contributed by atoms with van der Waals surface area (Å²) in [6.45, 7) is 3.15. The maximum absolute atomic E-state index is 5.79. The molecule has 0 spiro atoms. The van der Waals surface area contributed by atoms with Gasteiger partial charge in [-0.2, -0.15) is 0 Å². The van der Waals surface area contributed by atoms with E-state index >= 15 is 0 Å². The van der Waals surface area contributed by atoms with Gasteiger partial charge in [0.1, 0.15) is 0 Å². The summed E-state index contributed by atoms with van der Waals surface area (Å²) in [5, 5.41) is 3.40. The van der Waals surface area contributed by atoms with Gasteiger partial charge in [0.25, 0.3) is 0 Å². The van der Waals surface area contributed by atoms with E-state index in [-0.39, 0.29) is 0 Å². The molecule has 0 radical (unpaired) electrons. The van der Waals surface area contributed by atoms with Crippen LogP contribution in [0.1, 0.15) is 49.8 Å². The van der Waals surface area contributed by atoms with Crippen LogP contribution in [0.15, 0.2) is 24.3 Å². The second kappa shape index (κ2) is 6.91. The molecule has 1 aromatic carbocycles. The SMILES string of the molecule is CCCCc1ccc(C(NC)C2CCCO2)cc1. The minimum Gasteiger partial charge on any atom is -0.376 e. The predicted octanol–water partition coefficient (Wildman–Crippen LogP) is 3.47. The molecule has 2 heteroatoms. The van der Waals surface area contributed by atoms with Crippen molar-refractivity contribution < 1.29 is 4.74 Å². The van der Waals surface area contributed by atoms with E-state index in [1.54, 1.807) is 0 Å². The number of hydrogen-bond donors (Lipinski definition) is 1. The van der Waals surface area contributed by atoms with Crippen LogP contribution in [-0.4, -0.2) is 19.8 Å². The number of unbranched alkanes of at least 4 members (excludes halogenated alkanes) is 1. The van der Waals surface area contributed by atoms with Crippen molar-refractivity contribution in [1.82, 2.24) is 5.32 Å². The molecule has 2 nitrogen and oxygen atoms in total. The van der Waals surface area contributed by atoms with Gasteiger partial charge in [-0.25, -0.2) is 0 Å². The molecule has 1 saturated heterocycles. The first-order valence-corrected chi connectivity index (χ1v) is 7.23. The highest BCUT2D eigenvalue weighted by atomic mass is 16.5. The van der Waals surface area contributed by atoms with E-state index in [9.17, 15) is 0 Å². The molecular formula is C16H25NO. The summed E-state index contributed by atoms with van der Waals surface area (Å²) in [6, 6.07) is 9.39. The van der Waals surface area contributed by atoms with Gasteiger partial charge >= 0.3 is 0 Å². The zero-order chi connectivity index (χ0) is 12.8. The Morgan fingerprint density at radius 3 is 2.67 bits per heavy atom. The van der Waals surface area contributed by atoms with Crippen molar-refractivity contribution in [1.29, 1.82) is 0 Å². The number of benzene rings is 1. The normalized spacial score (nSPS) is 21.1. The van der Waals surface area contributed by atoms with E-state index in [0.29, 0.717) is 12.1 Å². The number of nitrogens with one attached hydrogen (secondary N) is 1. The predicted molar refractivity (Wildman–Crippen MR) is 75.8 cm³/mol.